The molecule has 0 unspecified atom stereocenters. The summed E-state index contributed by atoms with van der Waals surface area (Å²) in [4.78, 5) is 1.43. The molecule has 0 saturated heterocycles. The van der Waals surface area contributed by atoms with Gasteiger partial charge in [0.05, 0.1) is 5.69 Å². The molecule has 88 valence electrons. The molecule has 2 rings (SSSR count). The van der Waals surface area contributed by atoms with Crippen LogP contribution < -0.4 is 9.64 Å². The lowest BCUT2D eigenvalue weighted by molar-refractivity contribution is -0.174. The van der Waals surface area contributed by atoms with Gasteiger partial charge in [-0.2, -0.15) is 8.78 Å². The third-order valence-corrected chi connectivity index (χ3v) is 2.48. The van der Waals surface area contributed by atoms with Crippen LogP contribution in [0.25, 0.3) is 0 Å². The van der Waals surface area contributed by atoms with Gasteiger partial charge in [0, 0.05) is 6.04 Å². The largest absolute Gasteiger partial charge is 0.426 e. The second kappa shape index (κ2) is 3.57. The number of halogens is 3. The fourth-order valence-electron chi connectivity index (χ4n) is 1.75. The number of fused-ring (bicyclic) bond motifs is 1. The minimum atomic E-state index is -3.35. The minimum absolute atomic E-state index is 0.143. The van der Waals surface area contributed by atoms with E-state index in [1.807, 2.05) is 0 Å². The highest BCUT2D eigenvalue weighted by Gasteiger charge is 2.42. The standard InChI is InChI=1S/C11H12F3NO/c1-7(2)15-6-11(13,14)16-10-8(12)4-3-5-9(10)15/h3-5,7H,6H2,1-2H3. The minimum Gasteiger partial charge on any atom is -0.426 e. The molecule has 1 aromatic rings. The van der Waals surface area contributed by atoms with Crippen molar-refractivity contribution in [2.75, 3.05) is 11.4 Å². The highest BCUT2D eigenvalue weighted by molar-refractivity contribution is 5.61. The summed E-state index contributed by atoms with van der Waals surface area (Å²) in [5, 5.41) is 0. The molecule has 0 amide bonds. The summed E-state index contributed by atoms with van der Waals surface area (Å²) in [6, 6.07) is 4.03. The van der Waals surface area contributed by atoms with Crippen LogP contribution >= 0.6 is 0 Å². The summed E-state index contributed by atoms with van der Waals surface area (Å²) < 4.78 is 44.2. The Balaban J connectivity index is 2.51. The summed E-state index contributed by atoms with van der Waals surface area (Å²) in [5.74, 6) is -1.13. The fraction of sp³-hybridized carbons (Fsp3) is 0.455. The Kier molecular flexibility index (Phi) is 2.48. The number of anilines is 1. The van der Waals surface area contributed by atoms with Crippen molar-refractivity contribution in [2.24, 2.45) is 0 Å². The first-order chi connectivity index (χ1) is 7.41. The molecule has 0 fully saturated rings. The molecule has 0 N–H and O–H groups in total. The van der Waals surface area contributed by atoms with Crippen LogP contribution in [0.15, 0.2) is 18.2 Å². The molecular formula is C11H12F3NO. The average molecular weight is 231 g/mol. The van der Waals surface area contributed by atoms with E-state index in [1.54, 1.807) is 19.9 Å². The molecule has 5 heteroatoms. The Morgan fingerprint density at radius 2 is 2.06 bits per heavy atom. The molecule has 0 spiro atoms. The molecule has 0 saturated carbocycles. The third-order valence-electron chi connectivity index (χ3n) is 2.48. The van der Waals surface area contributed by atoms with Crippen LogP contribution in [0, 0.1) is 5.82 Å². The molecule has 0 radical (unpaired) electrons. The molecule has 16 heavy (non-hydrogen) atoms. The van der Waals surface area contributed by atoms with Crippen molar-refractivity contribution >= 4 is 5.69 Å². The molecular weight excluding hydrogens is 219 g/mol. The summed E-state index contributed by atoms with van der Waals surface area (Å²) in [6.45, 7) is 2.99. The van der Waals surface area contributed by atoms with Crippen molar-refractivity contribution < 1.29 is 17.9 Å². The van der Waals surface area contributed by atoms with Crippen molar-refractivity contribution in [3.8, 4) is 5.75 Å². The second-order valence-corrected chi connectivity index (χ2v) is 4.05. The topological polar surface area (TPSA) is 12.5 Å². The predicted octanol–water partition coefficient (Wildman–Crippen LogP) is 3.03. The van der Waals surface area contributed by atoms with E-state index in [4.69, 9.17) is 0 Å². The van der Waals surface area contributed by atoms with Gasteiger partial charge in [-0.25, -0.2) is 4.39 Å². The van der Waals surface area contributed by atoms with E-state index >= 15 is 0 Å². The Morgan fingerprint density at radius 1 is 1.38 bits per heavy atom. The molecule has 0 aliphatic carbocycles. The SMILES string of the molecule is CC(C)N1CC(F)(F)Oc2c(F)cccc21. The van der Waals surface area contributed by atoms with Crippen molar-refractivity contribution in [2.45, 2.75) is 26.0 Å². The van der Waals surface area contributed by atoms with Crippen molar-refractivity contribution in [1.82, 2.24) is 0 Å². The zero-order valence-corrected chi connectivity index (χ0v) is 9.01. The number of rotatable bonds is 1. The number of nitrogens with zero attached hydrogens (tertiary/aromatic N) is 1. The zero-order valence-electron chi connectivity index (χ0n) is 9.01. The number of ether oxygens (including phenoxy) is 1. The molecule has 1 aliphatic heterocycles. The lowest BCUT2D eigenvalue weighted by Gasteiger charge is -2.38. The second-order valence-electron chi connectivity index (χ2n) is 4.05. The summed E-state index contributed by atoms with van der Waals surface area (Å²) in [5.41, 5.74) is 0.376. The smallest absolute Gasteiger partial charge is 0.416 e. The van der Waals surface area contributed by atoms with Crippen molar-refractivity contribution in [1.29, 1.82) is 0 Å². The normalized spacial score (nSPS) is 18.2. The average Bonchev–Trinajstić information content (AvgIpc) is 2.17. The maximum Gasteiger partial charge on any atom is 0.416 e. The Morgan fingerprint density at radius 3 is 2.69 bits per heavy atom. The van der Waals surface area contributed by atoms with Crippen LogP contribution in [0.1, 0.15) is 13.8 Å². The maximum atomic E-state index is 13.4. The lowest BCUT2D eigenvalue weighted by Crippen LogP contribution is -2.48. The maximum absolute atomic E-state index is 13.4. The van der Waals surface area contributed by atoms with Gasteiger partial charge in [-0.3, -0.25) is 0 Å². The van der Waals surface area contributed by atoms with Gasteiger partial charge in [-0.15, -0.1) is 0 Å². The van der Waals surface area contributed by atoms with E-state index in [-0.39, 0.29) is 11.8 Å². The van der Waals surface area contributed by atoms with Gasteiger partial charge in [0.2, 0.25) is 0 Å². The molecule has 2 nitrogen and oxygen atoms in total. The van der Waals surface area contributed by atoms with Crippen LogP contribution in [0.5, 0.6) is 5.75 Å². The fourth-order valence-corrected chi connectivity index (χ4v) is 1.75. The Bertz CT molecular complexity index is 406. The number of benzene rings is 1. The molecule has 1 aliphatic rings. The lowest BCUT2D eigenvalue weighted by atomic mass is 10.2. The van der Waals surface area contributed by atoms with Crippen molar-refractivity contribution in [3.63, 3.8) is 0 Å². The Hall–Kier alpha value is -1.39. The van der Waals surface area contributed by atoms with Crippen LogP contribution in [0.2, 0.25) is 0 Å². The zero-order chi connectivity index (χ0) is 11.9. The summed E-state index contributed by atoms with van der Waals surface area (Å²) in [7, 11) is 0. The summed E-state index contributed by atoms with van der Waals surface area (Å²) in [6.07, 6.45) is -3.35. The van der Waals surface area contributed by atoms with Gasteiger partial charge in [0.15, 0.2) is 11.6 Å². The first-order valence-corrected chi connectivity index (χ1v) is 5.03. The van der Waals surface area contributed by atoms with Gasteiger partial charge in [0.25, 0.3) is 0 Å². The predicted molar refractivity (Wildman–Crippen MR) is 54.5 cm³/mol. The van der Waals surface area contributed by atoms with Crippen LogP contribution in [-0.4, -0.2) is 18.7 Å². The van der Waals surface area contributed by atoms with Gasteiger partial charge >= 0.3 is 6.11 Å². The molecule has 1 aromatic carbocycles. The van der Waals surface area contributed by atoms with Crippen LogP contribution in [-0.2, 0) is 0 Å². The van der Waals surface area contributed by atoms with Gasteiger partial charge in [-0.05, 0) is 26.0 Å². The first kappa shape index (κ1) is 11.1. The molecule has 0 atom stereocenters. The number of para-hydroxylation sites is 1. The van der Waals surface area contributed by atoms with Gasteiger partial charge in [0.1, 0.15) is 6.54 Å². The van der Waals surface area contributed by atoms with E-state index in [1.165, 1.54) is 11.0 Å². The molecule has 0 bridgehead atoms. The molecule has 0 aromatic heterocycles. The quantitative estimate of drug-likeness (QED) is 0.736. The number of alkyl halides is 2. The van der Waals surface area contributed by atoms with E-state index in [9.17, 15) is 13.2 Å². The first-order valence-electron chi connectivity index (χ1n) is 5.03. The van der Waals surface area contributed by atoms with Gasteiger partial charge in [-0.1, -0.05) is 6.07 Å². The van der Waals surface area contributed by atoms with E-state index in [0.717, 1.165) is 6.07 Å². The number of hydrogen-bond donors (Lipinski definition) is 0. The van der Waals surface area contributed by atoms with Gasteiger partial charge < -0.3 is 9.64 Å². The van der Waals surface area contributed by atoms with Crippen LogP contribution in [0.4, 0.5) is 18.9 Å². The molecule has 1 heterocycles. The van der Waals surface area contributed by atoms with E-state index < -0.39 is 18.5 Å². The highest BCUT2D eigenvalue weighted by Crippen LogP contribution is 2.40. The third kappa shape index (κ3) is 1.81. The van der Waals surface area contributed by atoms with Crippen LogP contribution in [0.3, 0.4) is 0 Å². The summed E-state index contributed by atoms with van der Waals surface area (Å²) >= 11 is 0. The highest BCUT2D eigenvalue weighted by atomic mass is 19.3. The van der Waals surface area contributed by atoms with Crippen molar-refractivity contribution in [3.05, 3.63) is 24.0 Å². The van der Waals surface area contributed by atoms with E-state index in [0.29, 0.717) is 5.69 Å². The van der Waals surface area contributed by atoms with E-state index in [2.05, 4.69) is 4.74 Å². The Labute approximate surface area is 91.6 Å². The monoisotopic (exact) mass is 231 g/mol. The number of hydrogen-bond acceptors (Lipinski definition) is 2.